The predicted molar refractivity (Wildman–Crippen MR) is 15.0 cm³/mol. The van der Waals surface area contributed by atoms with Crippen molar-refractivity contribution < 1.29 is 14.6 Å². The van der Waals surface area contributed by atoms with E-state index >= 15 is 0 Å². The second-order valence-electron chi connectivity index (χ2n) is 0.470. The van der Waals surface area contributed by atoms with Gasteiger partial charge in [-0.15, -0.1) is 0 Å². The lowest BCUT2D eigenvalue weighted by Crippen LogP contribution is -1.91. The Labute approximate surface area is 29.2 Å². The molecule has 0 spiro atoms. The van der Waals surface area contributed by atoms with Crippen LogP contribution in [-0.4, -0.2) is 18.4 Å². The van der Waals surface area contributed by atoms with Gasteiger partial charge in [0.25, 0.3) is 0 Å². The summed E-state index contributed by atoms with van der Waals surface area (Å²) in [6, 6.07) is 0. The van der Waals surface area contributed by atoms with Crippen molar-refractivity contribution in [2.45, 2.75) is 0 Å². The predicted octanol–water partition coefficient (Wildman–Crippen LogP) is 0.311. The topological polar surface area (TPSA) is 46.5 Å². The van der Waals surface area contributed by atoms with Crippen molar-refractivity contribution in [3.8, 4) is 0 Å². The van der Waals surface area contributed by atoms with Crippen LogP contribution in [0, 0.1) is 0 Å². The molecule has 0 saturated heterocycles. The van der Waals surface area contributed by atoms with E-state index < -0.39 is 6.16 Å². The fraction of sp³-hybridized carbons (Fsp3) is 0.500. The van der Waals surface area contributed by atoms with Gasteiger partial charge in [0, 0.05) is 0 Å². The summed E-state index contributed by atoms with van der Waals surface area (Å²) < 4.78 is 3.67. The van der Waals surface area contributed by atoms with Gasteiger partial charge in [-0.2, -0.15) is 0 Å². The van der Waals surface area contributed by atoms with Gasteiger partial charge in [0.15, 0.2) is 0 Å². The van der Waals surface area contributed by atoms with Crippen LogP contribution < -0.4 is 0 Å². The largest absolute Gasteiger partial charge is 0.505 e. The summed E-state index contributed by atoms with van der Waals surface area (Å²) in [4.78, 5) is 9.15. The van der Waals surface area contributed by atoms with Crippen molar-refractivity contribution >= 4 is 6.16 Å². The van der Waals surface area contributed by atoms with Crippen LogP contribution in [0.1, 0.15) is 0 Å². The first-order valence-electron chi connectivity index (χ1n) is 1.04. The Hall–Kier alpha value is -0.730. The van der Waals surface area contributed by atoms with Crippen LogP contribution in [0.5, 0.6) is 0 Å². The molecular formula is C2H4O3. The average Bonchev–Trinajstić information content (AvgIpc) is 1.38. The van der Waals surface area contributed by atoms with Crippen LogP contribution in [0.25, 0.3) is 0 Å². The van der Waals surface area contributed by atoms with Crippen LogP contribution in [-0.2, 0) is 4.74 Å². The molecular weight excluding hydrogens is 72.0 g/mol. The Balaban J connectivity index is 2.85. The van der Waals surface area contributed by atoms with Gasteiger partial charge in [-0.25, -0.2) is 4.79 Å². The third-order valence-corrected chi connectivity index (χ3v) is 0.175. The maximum absolute atomic E-state index is 9.15. The van der Waals surface area contributed by atoms with Crippen LogP contribution in [0.2, 0.25) is 0 Å². The number of carbonyl (C=O) groups is 1. The van der Waals surface area contributed by atoms with Crippen molar-refractivity contribution in [1.29, 1.82) is 0 Å². The maximum atomic E-state index is 9.15. The second-order valence-corrected chi connectivity index (χ2v) is 0.470. The van der Waals surface area contributed by atoms with E-state index in [2.05, 4.69) is 4.74 Å². The average molecular weight is 76.1 g/mol. The lowest BCUT2D eigenvalue weighted by Gasteiger charge is -1.79. The minimum Gasteiger partial charge on any atom is -0.450 e. The first-order valence-corrected chi connectivity index (χ1v) is 1.04. The van der Waals surface area contributed by atoms with Crippen LogP contribution in [0.4, 0.5) is 4.79 Å². The lowest BCUT2D eigenvalue weighted by atomic mass is 11.4. The first kappa shape index (κ1) is 4.27. The van der Waals surface area contributed by atoms with E-state index in [0.29, 0.717) is 0 Å². The molecule has 30 valence electrons. The lowest BCUT2D eigenvalue weighted by molar-refractivity contribution is 0.114. The van der Waals surface area contributed by atoms with Crippen molar-refractivity contribution in [3.05, 3.63) is 0 Å². The van der Waals surface area contributed by atoms with Crippen LogP contribution >= 0.6 is 0 Å². The number of ether oxygens (including phenoxy) is 1. The Bertz CT molecular complexity index is 40.2. The minimum atomic E-state index is -1.25. The van der Waals surface area contributed by atoms with Crippen LogP contribution in [0.15, 0.2) is 0 Å². The Morgan fingerprint density at radius 1 is 2.00 bits per heavy atom. The molecule has 0 aromatic heterocycles. The number of rotatable bonds is 0. The minimum absolute atomic E-state index is 1.10. The number of hydrogen-bond donors (Lipinski definition) is 1. The van der Waals surface area contributed by atoms with Crippen molar-refractivity contribution in [2.24, 2.45) is 0 Å². The molecule has 0 bridgehead atoms. The molecule has 0 aliphatic heterocycles. The summed E-state index contributed by atoms with van der Waals surface area (Å²) >= 11 is 0. The number of hydrogen-bond acceptors (Lipinski definition) is 2. The molecule has 0 amide bonds. The highest BCUT2D eigenvalue weighted by molar-refractivity contribution is 5.56. The second kappa shape index (κ2) is 1.58. The van der Waals surface area contributed by atoms with Gasteiger partial charge in [0.1, 0.15) is 0 Å². The third-order valence-electron chi connectivity index (χ3n) is 0.175. The van der Waals surface area contributed by atoms with E-state index in [1.807, 2.05) is 0 Å². The Morgan fingerprint density at radius 2 is 2.20 bits per heavy atom. The fourth-order valence-corrected chi connectivity index (χ4v) is 0. The molecule has 0 rings (SSSR count). The molecule has 3 heteroatoms. The molecule has 0 aliphatic carbocycles. The van der Waals surface area contributed by atoms with Crippen LogP contribution in [0.3, 0.4) is 0 Å². The van der Waals surface area contributed by atoms with E-state index in [4.69, 9.17) is 9.90 Å². The highest BCUT2D eigenvalue weighted by Crippen LogP contribution is 1.60. The van der Waals surface area contributed by atoms with Gasteiger partial charge in [-0.1, -0.05) is 0 Å². The molecule has 0 fully saturated rings. The van der Waals surface area contributed by atoms with Crippen molar-refractivity contribution in [1.82, 2.24) is 0 Å². The monoisotopic (exact) mass is 76.0 g/mol. The molecule has 3 nitrogen and oxygen atoms in total. The van der Waals surface area contributed by atoms with E-state index in [9.17, 15) is 0 Å². The highest BCUT2D eigenvalue weighted by atomic mass is 16.6. The van der Waals surface area contributed by atoms with E-state index in [0.717, 1.165) is 7.11 Å². The molecule has 0 heterocycles. The summed E-state index contributed by atoms with van der Waals surface area (Å²) in [5.41, 5.74) is 0. The van der Waals surface area contributed by atoms with Gasteiger partial charge in [0.2, 0.25) is 0 Å². The van der Waals surface area contributed by atoms with E-state index in [1.165, 1.54) is 0 Å². The molecule has 0 aromatic carbocycles. The molecule has 1 N–H and O–H groups in total. The highest BCUT2D eigenvalue weighted by Gasteiger charge is 1.80. The molecule has 0 unspecified atom stereocenters. The molecule has 0 aromatic rings. The van der Waals surface area contributed by atoms with Gasteiger partial charge in [-0.05, 0) is 0 Å². The molecule has 0 aliphatic rings. The Morgan fingerprint density at radius 3 is 2.20 bits per heavy atom. The quantitative estimate of drug-likeness (QED) is 0.422. The number of methoxy groups -OCH3 is 1. The summed E-state index contributed by atoms with van der Waals surface area (Å²) in [5, 5.41) is 7.50. The summed E-state index contributed by atoms with van der Waals surface area (Å²) in [5.74, 6) is 0. The summed E-state index contributed by atoms with van der Waals surface area (Å²) in [7, 11) is 1.10. The normalized spacial score (nSPS) is 6.60. The molecule has 0 radical (unpaired) electrons. The van der Waals surface area contributed by atoms with Crippen molar-refractivity contribution in [2.75, 3.05) is 7.11 Å². The zero-order valence-electron chi connectivity index (χ0n) is 2.76. The van der Waals surface area contributed by atoms with E-state index in [-0.39, 0.29) is 0 Å². The zero-order valence-corrected chi connectivity index (χ0v) is 2.76. The summed E-state index contributed by atoms with van der Waals surface area (Å²) in [6.45, 7) is 0. The Kier molecular flexibility index (Phi) is 1.35. The van der Waals surface area contributed by atoms with Gasteiger partial charge < -0.3 is 9.84 Å². The smallest absolute Gasteiger partial charge is 0.450 e. The molecule has 0 atom stereocenters. The van der Waals surface area contributed by atoms with E-state index in [1.54, 1.807) is 0 Å². The fourth-order valence-electron chi connectivity index (χ4n) is 0. The molecule has 0 saturated carbocycles. The SMILES string of the molecule is COC(=O)O. The standard InChI is InChI=1S/C2H4O3/c1-5-2(3)4/h1H3,(H,3,4). The van der Waals surface area contributed by atoms with Gasteiger partial charge in [0.05, 0.1) is 7.11 Å². The zero-order chi connectivity index (χ0) is 4.28. The number of carboxylic acid groups (broad SMARTS) is 1. The van der Waals surface area contributed by atoms with Gasteiger partial charge in [-0.3, -0.25) is 0 Å². The maximum Gasteiger partial charge on any atom is 0.505 e. The van der Waals surface area contributed by atoms with Gasteiger partial charge >= 0.3 is 6.16 Å². The van der Waals surface area contributed by atoms with Crippen molar-refractivity contribution in [3.63, 3.8) is 0 Å². The first-order chi connectivity index (χ1) is 2.27. The summed E-state index contributed by atoms with van der Waals surface area (Å²) in [6.07, 6.45) is -1.25. The molecule has 5 heavy (non-hydrogen) atoms. The third kappa shape index (κ3) is 3.27.